The van der Waals surface area contributed by atoms with Gasteiger partial charge in [-0.3, -0.25) is 18.6 Å². The van der Waals surface area contributed by atoms with Crippen molar-refractivity contribution < 1.29 is 46.8 Å². The van der Waals surface area contributed by atoms with Gasteiger partial charge in [0.25, 0.3) is 0 Å². The molecule has 0 aliphatic carbocycles. The van der Waals surface area contributed by atoms with Crippen LogP contribution < -0.4 is 0 Å². The van der Waals surface area contributed by atoms with Gasteiger partial charge in [0.2, 0.25) is 0 Å². The van der Waals surface area contributed by atoms with E-state index >= 15 is 0 Å². The molecule has 1 fully saturated rings. The Labute approximate surface area is 369 Å². The van der Waals surface area contributed by atoms with Gasteiger partial charge in [0.05, 0.1) is 40.0 Å². The second-order valence-corrected chi connectivity index (χ2v) is 17.2. The molecule has 0 aromatic rings. The van der Waals surface area contributed by atoms with Gasteiger partial charge in [-0.15, -0.1) is 0 Å². The third-order valence-electron chi connectivity index (χ3n) is 8.90. The van der Waals surface area contributed by atoms with Crippen molar-refractivity contribution in [2.24, 2.45) is 0 Å². The molecule has 1 aliphatic heterocycles. The number of epoxide rings is 1. The van der Waals surface area contributed by atoms with E-state index in [2.05, 4.69) is 117 Å². The Morgan fingerprint density at radius 2 is 1.03 bits per heavy atom. The van der Waals surface area contributed by atoms with Crippen LogP contribution in [0.15, 0.2) is 122 Å². The molecule has 0 radical (unpaired) electrons. The molecule has 1 rings (SSSR count). The van der Waals surface area contributed by atoms with E-state index in [0.29, 0.717) is 42.5 Å². The highest BCUT2D eigenvalue weighted by atomic mass is 31.2. The summed E-state index contributed by atoms with van der Waals surface area (Å²) < 4.78 is 39.8. The molecule has 10 nitrogen and oxygen atoms in total. The lowest BCUT2D eigenvalue weighted by molar-refractivity contribution is -0.870. The minimum atomic E-state index is -4.42. The highest BCUT2D eigenvalue weighted by Gasteiger charge is 2.36. The molecule has 0 aromatic heterocycles. The molecule has 4 atom stereocenters. The highest BCUT2D eigenvalue weighted by molar-refractivity contribution is 7.47. The zero-order valence-electron chi connectivity index (χ0n) is 38.0. The smallest absolute Gasteiger partial charge is 0.462 e. The van der Waals surface area contributed by atoms with Crippen LogP contribution in [-0.2, 0) is 37.4 Å². The van der Waals surface area contributed by atoms with Crippen LogP contribution in [0.3, 0.4) is 0 Å². The molecule has 61 heavy (non-hydrogen) atoms. The number of hydrogen-bond acceptors (Lipinski definition) is 8. The van der Waals surface area contributed by atoms with Gasteiger partial charge < -0.3 is 23.6 Å². The average Bonchev–Trinajstić information content (AvgIpc) is 3.97. The molecule has 0 aromatic carbocycles. The van der Waals surface area contributed by atoms with Crippen molar-refractivity contribution in [2.45, 2.75) is 135 Å². The standard InChI is InChI=1S/C50H78NO9P/c1-6-8-10-11-12-13-14-15-16-17-18-19-24-27-30-33-37-41-50(53)59-46(45-58-61(54,55)57-43-42-51(3,4)5)44-56-49(52)40-36-32-29-26-23-21-20-22-25-28-31-35-39-48-47(60-48)38-34-9-7-2/h8-10,12-13,15-16,18-19,21-23,25,27,29-32,34-35,46-48H,6-7,11,14,17,20,24,26,28,33,36-45H2,1-5H3/p+1/b10-8-,13-12-,16-15-,19-18-,23-21-,25-22-,30-27-,32-29-,34-9-,35-31-/t46-,47?,48?/m1/s1. The Balaban J connectivity index is 2.38. The van der Waals surface area contributed by atoms with Gasteiger partial charge >= 0.3 is 19.8 Å². The maximum Gasteiger partial charge on any atom is 0.472 e. The number of quaternary nitrogens is 1. The summed E-state index contributed by atoms with van der Waals surface area (Å²) in [5.74, 6) is -0.985. The Morgan fingerprint density at radius 1 is 0.590 bits per heavy atom. The van der Waals surface area contributed by atoms with Crippen LogP contribution in [0, 0.1) is 0 Å². The molecule has 1 heterocycles. The Hall–Kier alpha value is -3.63. The van der Waals surface area contributed by atoms with Gasteiger partial charge in [-0.1, -0.05) is 135 Å². The number of ether oxygens (including phenoxy) is 3. The minimum Gasteiger partial charge on any atom is -0.462 e. The Kier molecular flexibility index (Phi) is 33.6. The van der Waals surface area contributed by atoms with Crippen LogP contribution in [0.1, 0.15) is 117 Å². The van der Waals surface area contributed by atoms with Crippen LogP contribution in [0.5, 0.6) is 0 Å². The molecule has 0 saturated carbocycles. The lowest BCUT2D eigenvalue weighted by Gasteiger charge is -2.24. The third-order valence-corrected chi connectivity index (χ3v) is 9.89. The number of esters is 2. The summed E-state index contributed by atoms with van der Waals surface area (Å²) in [7, 11) is 1.37. The van der Waals surface area contributed by atoms with Crippen LogP contribution >= 0.6 is 7.82 Å². The number of rotatable bonds is 37. The lowest BCUT2D eigenvalue weighted by Crippen LogP contribution is -2.37. The van der Waals surface area contributed by atoms with Gasteiger partial charge in [0, 0.05) is 12.8 Å². The number of likely N-dealkylation sites (N-methyl/N-ethyl adjacent to an activating group) is 1. The number of carbonyl (C=O) groups excluding carboxylic acids is 2. The van der Waals surface area contributed by atoms with E-state index in [1.807, 2.05) is 39.4 Å². The predicted octanol–water partition coefficient (Wildman–Crippen LogP) is 11.9. The average molecular weight is 869 g/mol. The van der Waals surface area contributed by atoms with Crippen molar-refractivity contribution in [1.82, 2.24) is 0 Å². The molecule has 0 bridgehead atoms. The van der Waals surface area contributed by atoms with E-state index in [1.54, 1.807) is 0 Å². The van der Waals surface area contributed by atoms with E-state index < -0.39 is 32.5 Å². The summed E-state index contributed by atoms with van der Waals surface area (Å²) in [6.45, 7) is 3.99. The maximum atomic E-state index is 12.7. The number of nitrogens with zero attached hydrogens (tertiary/aromatic N) is 1. The van der Waals surface area contributed by atoms with Gasteiger partial charge in [0.1, 0.15) is 19.8 Å². The molecule has 0 amide bonds. The summed E-state index contributed by atoms with van der Waals surface area (Å²) >= 11 is 0. The van der Waals surface area contributed by atoms with Crippen molar-refractivity contribution in [3.63, 3.8) is 0 Å². The minimum absolute atomic E-state index is 0.000131. The number of phosphoric ester groups is 1. The summed E-state index contributed by atoms with van der Waals surface area (Å²) in [4.78, 5) is 35.4. The topological polar surface area (TPSA) is 121 Å². The number of carbonyl (C=O) groups is 2. The molecule has 1 N–H and O–H groups in total. The number of phosphoric acid groups is 1. The van der Waals surface area contributed by atoms with Crippen molar-refractivity contribution in [1.29, 1.82) is 0 Å². The number of hydrogen-bond donors (Lipinski definition) is 1. The fourth-order valence-corrected chi connectivity index (χ4v) is 6.09. The first-order chi connectivity index (χ1) is 29.5. The molecule has 11 heteroatoms. The van der Waals surface area contributed by atoms with Gasteiger partial charge in [-0.05, 0) is 89.9 Å². The maximum absolute atomic E-state index is 12.7. The van der Waals surface area contributed by atoms with Crippen LogP contribution in [-0.4, -0.2) is 87.1 Å². The van der Waals surface area contributed by atoms with Crippen LogP contribution in [0.4, 0.5) is 0 Å². The first-order valence-corrected chi connectivity index (χ1v) is 23.9. The molecular weight excluding hydrogens is 790 g/mol. The molecule has 3 unspecified atom stereocenters. The summed E-state index contributed by atoms with van der Waals surface area (Å²) in [5, 5.41) is 0. The second-order valence-electron chi connectivity index (χ2n) is 15.7. The lowest BCUT2D eigenvalue weighted by atomic mass is 10.1. The molecule has 1 saturated heterocycles. The summed E-state index contributed by atoms with van der Waals surface area (Å²) in [6, 6.07) is 0. The molecule has 0 spiro atoms. The van der Waals surface area contributed by atoms with E-state index in [4.69, 9.17) is 23.3 Å². The van der Waals surface area contributed by atoms with Gasteiger partial charge in [0.15, 0.2) is 6.10 Å². The van der Waals surface area contributed by atoms with Crippen LogP contribution in [0.2, 0.25) is 0 Å². The first-order valence-electron chi connectivity index (χ1n) is 22.4. The largest absolute Gasteiger partial charge is 0.472 e. The zero-order valence-corrected chi connectivity index (χ0v) is 38.9. The van der Waals surface area contributed by atoms with E-state index in [1.165, 1.54) is 0 Å². The third kappa shape index (κ3) is 37.8. The monoisotopic (exact) mass is 869 g/mol. The second kappa shape index (κ2) is 37.0. The Morgan fingerprint density at radius 3 is 1.54 bits per heavy atom. The fourth-order valence-electron chi connectivity index (χ4n) is 5.35. The van der Waals surface area contributed by atoms with E-state index in [0.717, 1.165) is 70.6 Å². The van der Waals surface area contributed by atoms with E-state index in [9.17, 15) is 19.0 Å². The Bertz CT molecular complexity index is 1510. The first kappa shape index (κ1) is 55.4. The predicted molar refractivity (Wildman–Crippen MR) is 251 cm³/mol. The SMILES string of the molecule is CC/C=C\C/C=C\C/C=C\C/C=C\C/C=C\CCCC(=O)O[C@H](COC(=O)CC/C=C\C/C=C\C/C=C\C/C=C\CC1OC1C/C=C\CC)COP(=O)(O)OCC[N+](C)(C)C. The fraction of sp³-hybridized carbons (Fsp3) is 0.560. The van der Waals surface area contributed by atoms with Crippen molar-refractivity contribution in [3.05, 3.63) is 122 Å². The zero-order chi connectivity index (χ0) is 44.7. The number of allylic oxidation sites excluding steroid dienone is 18. The number of unbranched alkanes of at least 4 members (excludes halogenated alkanes) is 1. The van der Waals surface area contributed by atoms with Crippen LogP contribution in [0.25, 0.3) is 0 Å². The van der Waals surface area contributed by atoms with E-state index in [-0.39, 0.29) is 26.1 Å². The molecule has 342 valence electrons. The molecule has 1 aliphatic rings. The van der Waals surface area contributed by atoms with Crippen molar-refractivity contribution >= 4 is 19.8 Å². The van der Waals surface area contributed by atoms with Crippen molar-refractivity contribution in [2.75, 3.05) is 47.5 Å². The quantitative estimate of drug-likeness (QED) is 0.0162. The van der Waals surface area contributed by atoms with Crippen molar-refractivity contribution in [3.8, 4) is 0 Å². The highest BCUT2D eigenvalue weighted by Crippen LogP contribution is 2.43. The summed E-state index contributed by atoms with van der Waals surface area (Å²) in [6.07, 6.45) is 54.6. The van der Waals surface area contributed by atoms with Gasteiger partial charge in [-0.2, -0.15) is 0 Å². The normalized spacial score (nSPS) is 18.0. The summed E-state index contributed by atoms with van der Waals surface area (Å²) in [5.41, 5.74) is 0. The van der Waals surface area contributed by atoms with Gasteiger partial charge in [-0.25, -0.2) is 4.57 Å². The molecular formula is C50H79NO9P+.